The summed E-state index contributed by atoms with van der Waals surface area (Å²) < 4.78 is 10.9. The number of rotatable bonds is 4. The molecule has 98 valence electrons. The number of para-hydroxylation sites is 1. The number of nitrogens with zero attached hydrogens (tertiary/aromatic N) is 3. The van der Waals surface area contributed by atoms with Crippen molar-refractivity contribution in [3.63, 3.8) is 0 Å². The van der Waals surface area contributed by atoms with Gasteiger partial charge in [-0.1, -0.05) is 18.1 Å². The lowest BCUT2D eigenvalue weighted by Gasteiger charge is -2.07. The van der Waals surface area contributed by atoms with E-state index < -0.39 is 0 Å². The van der Waals surface area contributed by atoms with Gasteiger partial charge in [-0.2, -0.15) is 5.26 Å². The molecule has 0 aliphatic carbocycles. The van der Waals surface area contributed by atoms with Crippen LogP contribution in [-0.2, 0) is 0 Å². The van der Waals surface area contributed by atoms with Gasteiger partial charge in [0.15, 0.2) is 6.61 Å². The van der Waals surface area contributed by atoms with Crippen LogP contribution >= 0.6 is 0 Å². The minimum Gasteiger partial charge on any atom is -0.464 e. The molecule has 1 aromatic carbocycles. The average Bonchev–Trinajstić information content (AvgIpc) is 2.48. The highest BCUT2D eigenvalue weighted by Gasteiger charge is 2.06. The first-order valence-corrected chi connectivity index (χ1v) is 5.85. The number of hydrogen-bond acceptors (Lipinski definition) is 5. The van der Waals surface area contributed by atoms with Crippen LogP contribution in [0, 0.1) is 23.2 Å². The van der Waals surface area contributed by atoms with E-state index >= 15 is 0 Å². The number of ether oxygens (including phenoxy) is 2. The molecule has 5 heteroatoms. The van der Waals surface area contributed by atoms with E-state index in [9.17, 15) is 0 Å². The third-order valence-corrected chi connectivity index (χ3v) is 2.31. The van der Waals surface area contributed by atoms with E-state index in [4.69, 9.17) is 14.7 Å². The van der Waals surface area contributed by atoms with Gasteiger partial charge >= 0.3 is 0 Å². The predicted molar refractivity (Wildman–Crippen MR) is 72.2 cm³/mol. The van der Waals surface area contributed by atoms with E-state index in [2.05, 4.69) is 27.9 Å². The molecule has 0 aliphatic heterocycles. The number of benzene rings is 1. The average molecular weight is 265 g/mol. The van der Waals surface area contributed by atoms with Gasteiger partial charge in [-0.05, 0) is 19.1 Å². The monoisotopic (exact) mass is 265 g/mol. The number of nitriles is 1. The van der Waals surface area contributed by atoms with Crippen LogP contribution in [0.1, 0.15) is 12.5 Å². The third-order valence-electron chi connectivity index (χ3n) is 2.31. The molecule has 0 saturated heterocycles. The summed E-state index contributed by atoms with van der Waals surface area (Å²) >= 11 is 0. The van der Waals surface area contributed by atoms with Crippen LogP contribution in [0.5, 0.6) is 17.5 Å². The lowest BCUT2D eigenvalue weighted by molar-refractivity contribution is 0.349. The van der Waals surface area contributed by atoms with Crippen LogP contribution in [0.25, 0.3) is 0 Å². The van der Waals surface area contributed by atoms with E-state index in [0.29, 0.717) is 23.1 Å². The summed E-state index contributed by atoms with van der Waals surface area (Å²) in [7, 11) is 0. The molecule has 1 aromatic heterocycles. The van der Waals surface area contributed by atoms with Crippen LogP contribution in [0.2, 0.25) is 0 Å². The zero-order valence-electron chi connectivity index (χ0n) is 10.8. The molecule has 0 fully saturated rings. The summed E-state index contributed by atoms with van der Waals surface area (Å²) in [5.74, 6) is 6.60. The molecule has 0 aliphatic rings. The fourth-order valence-corrected chi connectivity index (χ4v) is 1.40. The second-order valence-electron chi connectivity index (χ2n) is 3.62. The highest BCUT2D eigenvalue weighted by Crippen LogP contribution is 2.24. The van der Waals surface area contributed by atoms with Gasteiger partial charge in [0, 0.05) is 0 Å². The van der Waals surface area contributed by atoms with Crippen molar-refractivity contribution in [2.45, 2.75) is 6.92 Å². The molecule has 0 spiro atoms. The highest BCUT2D eigenvalue weighted by molar-refractivity contribution is 5.44. The molecule has 0 amide bonds. The Hall–Kier alpha value is -3.05. The third kappa shape index (κ3) is 3.47. The molecular weight excluding hydrogens is 254 g/mol. The van der Waals surface area contributed by atoms with E-state index in [1.165, 1.54) is 6.33 Å². The Kier molecular flexibility index (Phi) is 4.53. The molecule has 1 heterocycles. The predicted octanol–water partition coefficient (Wildman–Crippen LogP) is 2.54. The van der Waals surface area contributed by atoms with E-state index in [-0.39, 0.29) is 6.61 Å². The molecule has 0 atom stereocenters. The van der Waals surface area contributed by atoms with Crippen molar-refractivity contribution in [3.8, 4) is 35.4 Å². The minimum atomic E-state index is 0.252. The fraction of sp³-hybridized carbons (Fsp3) is 0.133. The maximum Gasteiger partial charge on any atom is 0.226 e. The molecular formula is C15H11N3O2. The van der Waals surface area contributed by atoms with Crippen molar-refractivity contribution in [1.29, 1.82) is 5.26 Å². The van der Waals surface area contributed by atoms with Gasteiger partial charge in [-0.15, -0.1) is 5.92 Å². The lowest BCUT2D eigenvalue weighted by atomic mass is 10.2. The Balaban J connectivity index is 2.15. The molecule has 0 bridgehead atoms. The Labute approximate surface area is 116 Å². The number of hydrogen-bond donors (Lipinski definition) is 0. The van der Waals surface area contributed by atoms with Gasteiger partial charge in [0.2, 0.25) is 11.8 Å². The second kappa shape index (κ2) is 6.77. The number of aromatic nitrogens is 2. The summed E-state index contributed by atoms with van der Waals surface area (Å²) in [6.45, 7) is 1.98. The minimum absolute atomic E-state index is 0.252. The van der Waals surface area contributed by atoms with Gasteiger partial charge in [0.25, 0.3) is 0 Å². The second-order valence-corrected chi connectivity index (χ2v) is 3.62. The van der Waals surface area contributed by atoms with Crippen molar-refractivity contribution in [2.75, 3.05) is 6.61 Å². The molecule has 5 nitrogen and oxygen atoms in total. The Morgan fingerprint density at radius 1 is 1.20 bits per heavy atom. The summed E-state index contributed by atoms with van der Waals surface area (Å²) in [5, 5.41) is 8.99. The molecule has 0 saturated carbocycles. The first kappa shape index (κ1) is 13.4. The van der Waals surface area contributed by atoms with Crippen LogP contribution in [0.4, 0.5) is 0 Å². The highest BCUT2D eigenvalue weighted by atomic mass is 16.5. The Morgan fingerprint density at radius 2 is 2.00 bits per heavy atom. The molecule has 2 aromatic rings. The van der Waals surface area contributed by atoms with Gasteiger partial charge in [-0.3, -0.25) is 0 Å². The zero-order chi connectivity index (χ0) is 14.2. The Bertz CT molecular complexity index is 696. The summed E-state index contributed by atoms with van der Waals surface area (Å²) in [6, 6.07) is 10.5. The van der Waals surface area contributed by atoms with Crippen molar-refractivity contribution in [1.82, 2.24) is 9.97 Å². The van der Waals surface area contributed by atoms with E-state index in [1.54, 1.807) is 37.3 Å². The van der Waals surface area contributed by atoms with Crippen molar-refractivity contribution < 1.29 is 9.47 Å². The standard InChI is InChI=1S/C15H11N3O2/c1-2-3-8-19-14-9-15(18-11-17-14)20-13-7-5-4-6-12(13)10-16/h4-7,9,11H,8H2,1H3. The molecule has 0 unspecified atom stereocenters. The molecule has 0 N–H and O–H groups in total. The van der Waals surface area contributed by atoms with Gasteiger partial charge in [-0.25, -0.2) is 9.97 Å². The zero-order valence-corrected chi connectivity index (χ0v) is 10.8. The first-order valence-electron chi connectivity index (χ1n) is 5.85. The van der Waals surface area contributed by atoms with Gasteiger partial charge in [0.1, 0.15) is 18.1 Å². The van der Waals surface area contributed by atoms with Crippen molar-refractivity contribution >= 4 is 0 Å². The maximum absolute atomic E-state index is 8.99. The fourth-order valence-electron chi connectivity index (χ4n) is 1.40. The summed E-state index contributed by atoms with van der Waals surface area (Å²) in [4.78, 5) is 7.93. The van der Waals surface area contributed by atoms with Gasteiger partial charge < -0.3 is 9.47 Å². The molecule has 2 rings (SSSR count). The topological polar surface area (TPSA) is 68.0 Å². The smallest absolute Gasteiger partial charge is 0.226 e. The quantitative estimate of drug-likeness (QED) is 0.794. The lowest BCUT2D eigenvalue weighted by Crippen LogP contribution is -1.98. The van der Waals surface area contributed by atoms with Gasteiger partial charge in [0.05, 0.1) is 11.6 Å². The first-order chi connectivity index (χ1) is 9.83. The van der Waals surface area contributed by atoms with Crippen LogP contribution < -0.4 is 9.47 Å². The molecule has 0 radical (unpaired) electrons. The molecule has 20 heavy (non-hydrogen) atoms. The summed E-state index contributed by atoms with van der Waals surface area (Å²) in [6.07, 6.45) is 1.33. The van der Waals surface area contributed by atoms with E-state index in [0.717, 1.165) is 0 Å². The Morgan fingerprint density at radius 3 is 2.80 bits per heavy atom. The summed E-state index contributed by atoms with van der Waals surface area (Å²) in [5.41, 5.74) is 0.436. The van der Waals surface area contributed by atoms with Crippen LogP contribution in [0.3, 0.4) is 0 Å². The van der Waals surface area contributed by atoms with Crippen molar-refractivity contribution in [2.24, 2.45) is 0 Å². The maximum atomic E-state index is 8.99. The van der Waals surface area contributed by atoms with E-state index in [1.807, 2.05) is 0 Å². The van der Waals surface area contributed by atoms with Crippen molar-refractivity contribution in [3.05, 3.63) is 42.2 Å². The van der Waals surface area contributed by atoms with Crippen LogP contribution in [-0.4, -0.2) is 16.6 Å². The normalized spacial score (nSPS) is 9.00. The largest absolute Gasteiger partial charge is 0.464 e. The SMILES string of the molecule is CC#CCOc1cc(Oc2ccccc2C#N)ncn1. The van der Waals surface area contributed by atoms with Crippen LogP contribution in [0.15, 0.2) is 36.7 Å².